The van der Waals surface area contributed by atoms with Crippen LogP contribution in [0.1, 0.15) is 25.7 Å². The third kappa shape index (κ3) is 2.47. The first kappa shape index (κ1) is 10.4. The van der Waals surface area contributed by atoms with Crippen LogP contribution in [0, 0.1) is 0 Å². The molecule has 3 nitrogen and oxygen atoms in total. The minimum atomic E-state index is -0.351. The Morgan fingerprint density at radius 2 is 1.64 bits per heavy atom. The molecule has 0 aromatic heterocycles. The monoisotopic (exact) mass is 198 g/mol. The highest BCUT2D eigenvalue weighted by molar-refractivity contribution is 4.88. The van der Waals surface area contributed by atoms with Crippen molar-refractivity contribution in [2.75, 3.05) is 39.8 Å². The van der Waals surface area contributed by atoms with E-state index in [9.17, 15) is 5.11 Å². The summed E-state index contributed by atoms with van der Waals surface area (Å²) in [5.74, 6) is 0. The lowest BCUT2D eigenvalue weighted by Crippen LogP contribution is -2.50. The molecule has 1 aliphatic carbocycles. The molecule has 1 N–H and O–H groups in total. The van der Waals surface area contributed by atoms with Gasteiger partial charge in [0.15, 0.2) is 0 Å². The van der Waals surface area contributed by atoms with Crippen molar-refractivity contribution in [3.63, 3.8) is 0 Å². The van der Waals surface area contributed by atoms with Crippen LogP contribution in [-0.2, 0) is 0 Å². The molecule has 0 bridgehead atoms. The second kappa shape index (κ2) is 4.17. The van der Waals surface area contributed by atoms with Gasteiger partial charge in [0.25, 0.3) is 0 Å². The Labute approximate surface area is 86.7 Å². The summed E-state index contributed by atoms with van der Waals surface area (Å²) in [5.41, 5.74) is -0.351. The van der Waals surface area contributed by atoms with Crippen molar-refractivity contribution in [3.05, 3.63) is 0 Å². The lowest BCUT2D eigenvalue weighted by Gasteiger charge is -2.36. The number of hydrogen-bond donors (Lipinski definition) is 1. The predicted octanol–water partition coefficient (Wildman–Crippen LogP) is 0.539. The van der Waals surface area contributed by atoms with E-state index in [1.54, 1.807) is 0 Å². The average Bonchev–Trinajstić information content (AvgIpc) is 2.57. The second-order valence-corrected chi connectivity index (χ2v) is 5.01. The summed E-state index contributed by atoms with van der Waals surface area (Å²) in [5, 5.41) is 10.3. The van der Waals surface area contributed by atoms with Crippen LogP contribution in [0.2, 0.25) is 0 Å². The Balaban J connectivity index is 1.79. The zero-order chi connectivity index (χ0) is 10.0. The number of hydrogen-bond acceptors (Lipinski definition) is 3. The lowest BCUT2D eigenvalue weighted by molar-refractivity contribution is -0.00219. The van der Waals surface area contributed by atoms with Crippen LogP contribution in [0.25, 0.3) is 0 Å². The Kier molecular flexibility index (Phi) is 3.10. The molecule has 82 valence electrons. The molecule has 0 unspecified atom stereocenters. The Hall–Kier alpha value is -0.120. The summed E-state index contributed by atoms with van der Waals surface area (Å²) in [6.45, 7) is 5.45. The van der Waals surface area contributed by atoms with Gasteiger partial charge in [-0.3, -0.25) is 4.90 Å². The maximum absolute atomic E-state index is 10.3. The van der Waals surface area contributed by atoms with E-state index >= 15 is 0 Å². The fourth-order valence-electron chi connectivity index (χ4n) is 2.61. The highest BCUT2D eigenvalue weighted by Gasteiger charge is 2.33. The predicted molar refractivity (Wildman–Crippen MR) is 57.4 cm³/mol. The first-order chi connectivity index (χ1) is 6.68. The van der Waals surface area contributed by atoms with Crippen LogP contribution in [0.3, 0.4) is 0 Å². The molecular formula is C11H22N2O. The van der Waals surface area contributed by atoms with E-state index in [0.717, 1.165) is 45.6 Å². The molecular weight excluding hydrogens is 176 g/mol. The first-order valence-corrected chi connectivity index (χ1v) is 5.81. The molecule has 0 radical (unpaired) electrons. The molecule has 2 rings (SSSR count). The van der Waals surface area contributed by atoms with Crippen molar-refractivity contribution in [1.82, 2.24) is 9.80 Å². The highest BCUT2D eigenvalue weighted by atomic mass is 16.3. The third-order valence-electron chi connectivity index (χ3n) is 3.65. The van der Waals surface area contributed by atoms with Crippen LogP contribution < -0.4 is 0 Å². The summed E-state index contributed by atoms with van der Waals surface area (Å²) < 4.78 is 0. The molecule has 2 fully saturated rings. The molecule has 2 aliphatic rings. The first-order valence-electron chi connectivity index (χ1n) is 5.81. The van der Waals surface area contributed by atoms with Gasteiger partial charge in [-0.05, 0) is 19.9 Å². The van der Waals surface area contributed by atoms with Crippen LogP contribution in [0.4, 0.5) is 0 Å². The van der Waals surface area contributed by atoms with Gasteiger partial charge in [0.2, 0.25) is 0 Å². The van der Waals surface area contributed by atoms with Gasteiger partial charge in [-0.15, -0.1) is 0 Å². The van der Waals surface area contributed by atoms with Crippen molar-refractivity contribution >= 4 is 0 Å². The van der Waals surface area contributed by atoms with Gasteiger partial charge in [-0.2, -0.15) is 0 Å². The number of aliphatic hydroxyl groups is 1. The number of β-amino-alcohol motifs (C(OH)–C–C–N with tert-alkyl or cyclic N) is 1. The van der Waals surface area contributed by atoms with Gasteiger partial charge in [-0.25, -0.2) is 0 Å². The van der Waals surface area contributed by atoms with Gasteiger partial charge >= 0.3 is 0 Å². The largest absolute Gasteiger partial charge is 0.389 e. The molecule has 0 atom stereocenters. The van der Waals surface area contributed by atoms with Crippen molar-refractivity contribution < 1.29 is 5.11 Å². The molecule has 14 heavy (non-hydrogen) atoms. The fraction of sp³-hybridized carbons (Fsp3) is 1.00. The van der Waals surface area contributed by atoms with E-state index in [1.165, 1.54) is 12.8 Å². The Morgan fingerprint density at radius 1 is 1.07 bits per heavy atom. The maximum atomic E-state index is 10.3. The maximum Gasteiger partial charge on any atom is 0.0774 e. The molecule has 0 aromatic carbocycles. The standard InChI is InChI=1S/C11H22N2O/c1-12-6-8-13(9-7-12)10-11(14)4-2-3-5-11/h14H,2-10H2,1H3. The quantitative estimate of drug-likeness (QED) is 0.701. The van der Waals surface area contributed by atoms with Crippen LogP contribution in [-0.4, -0.2) is 60.3 Å². The fourth-order valence-corrected chi connectivity index (χ4v) is 2.61. The second-order valence-electron chi connectivity index (χ2n) is 5.01. The average molecular weight is 198 g/mol. The summed E-state index contributed by atoms with van der Waals surface area (Å²) in [7, 11) is 2.17. The molecule has 0 aromatic rings. The number of nitrogens with zero attached hydrogens (tertiary/aromatic N) is 2. The van der Waals surface area contributed by atoms with Crippen LogP contribution in [0.15, 0.2) is 0 Å². The van der Waals surface area contributed by atoms with Crippen molar-refractivity contribution in [1.29, 1.82) is 0 Å². The summed E-state index contributed by atoms with van der Waals surface area (Å²) in [4.78, 5) is 4.78. The molecule has 1 saturated heterocycles. The van der Waals surface area contributed by atoms with Crippen LogP contribution in [0.5, 0.6) is 0 Å². The molecule has 1 saturated carbocycles. The summed E-state index contributed by atoms with van der Waals surface area (Å²) in [6, 6.07) is 0. The topological polar surface area (TPSA) is 26.7 Å². The SMILES string of the molecule is CN1CCN(CC2(O)CCCC2)CC1. The van der Waals surface area contributed by atoms with Crippen molar-refractivity contribution in [2.24, 2.45) is 0 Å². The smallest absolute Gasteiger partial charge is 0.0774 e. The van der Waals surface area contributed by atoms with E-state index in [0.29, 0.717) is 0 Å². The van der Waals surface area contributed by atoms with E-state index < -0.39 is 0 Å². The van der Waals surface area contributed by atoms with E-state index in [1.807, 2.05) is 0 Å². The van der Waals surface area contributed by atoms with Crippen LogP contribution >= 0.6 is 0 Å². The molecule has 1 heterocycles. The molecule has 0 spiro atoms. The minimum absolute atomic E-state index is 0.351. The van der Waals surface area contributed by atoms with Gasteiger partial charge < -0.3 is 10.0 Å². The number of piperazine rings is 1. The summed E-state index contributed by atoms with van der Waals surface area (Å²) in [6.07, 6.45) is 4.45. The Morgan fingerprint density at radius 3 is 2.21 bits per heavy atom. The molecule has 1 aliphatic heterocycles. The number of rotatable bonds is 2. The normalized spacial score (nSPS) is 29.6. The third-order valence-corrected chi connectivity index (χ3v) is 3.65. The van der Waals surface area contributed by atoms with E-state index in [-0.39, 0.29) is 5.60 Å². The van der Waals surface area contributed by atoms with Gasteiger partial charge in [0, 0.05) is 32.7 Å². The molecule has 3 heteroatoms. The van der Waals surface area contributed by atoms with E-state index in [2.05, 4.69) is 16.8 Å². The Bertz CT molecular complexity index is 182. The zero-order valence-electron chi connectivity index (χ0n) is 9.21. The minimum Gasteiger partial charge on any atom is -0.389 e. The highest BCUT2D eigenvalue weighted by Crippen LogP contribution is 2.30. The van der Waals surface area contributed by atoms with Crippen molar-refractivity contribution in [3.8, 4) is 0 Å². The lowest BCUT2D eigenvalue weighted by atomic mass is 10.0. The van der Waals surface area contributed by atoms with E-state index in [4.69, 9.17) is 0 Å². The summed E-state index contributed by atoms with van der Waals surface area (Å²) >= 11 is 0. The van der Waals surface area contributed by atoms with Gasteiger partial charge in [0.1, 0.15) is 0 Å². The van der Waals surface area contributed by atoms with Crippen molar-refractivity contribution in [2.45, 2.75) is 31.3 Å². The van der Waals surface area contributed by atoms with Gasteiger partial charge in [-0.1, -0.05) is 12.8 Å². The zero-order valence-corrected chi connectivity index (χ0v) is 9.21. The van der Waals surface area contributed by atoms with Gasteiger partial charge in [0.05, 0.1) is 5.60 Å². The molecule has 0 amide bonds. The number of likely N-dealkylation sites (N-methyl/N-ethyl adjacent to an activating group) is 1.